The van der Waals surface area contributed by atoms with Gasteiger partial charge in [-0.25, -0.2) is 0 Å². The van der Waals surface area contributed by atoms with Crippen LogP contribution in [0.25, 0.3) is 11.1 Å². The van der Waals surface area contributed by atoms with Crippen LogP contribution in [0.1, 0.15) is 12.5 Å². The summed E-state index contributed by atoms with van der Waals surface area (Å²) >= 11 is 0. The zero-order chi connectivity index (χ0) is 9.80. The number of hydrogen-bond donors (Lipinski definition) is 0. The molecular formula is C13H12N. The summed E-state index contributed by atoms with van der Waals surface area (Å²) in [7, 11) is 0. The first-order chi connectivity index (χ1) is 6.90. The van der Waals surface area contributed by atoms with E-state index in [2.05, 4.69) is 41.7 Å². The van der Waals surface area contributed by atoms with Crippen LogP contribution in [0.2, 0.25) is 0 Å². The van der Waals surface area contributed by atoms with Crippen molar-refractivity contribution in [3.05, 3.63) is 60.8 Å². The molecule has 1 aromatic heterocycles. The highest BCUT2D eigenvalue weighted by Gasteiger charge is 1.96. The van der Waals surface area contributed by atoms with Crippen molar-refractivity contribution in [3.8, 4) is 11.1 Å². The summed E-state index contributed by atoms with van der Waals surface area (Å²) in [5.74, 6) is 0. The molecular weight excluding hydrogens is 170 g/mol. The lowest BCUT2D eigenvalue weighted by atomic mass is 10.1. The largest absolute Gasteiger partial charge is 0.264 e. The summed E-state index contributed by atoms with van der Waals surface area (Å²) in [4.78, 5) is 4.10. The molecule has 0 atom stereocenters. The molecule has 2 aromatic rings. The second-order valence-electron chi connectivity index (χ2n) is 3.15. The molecule has 0 aliphatic rings. The zero-order valence-corrected chi connectivity index (χ0v) is 8.14. The van der Waals surface area contributed by atoms with Crippen LogP contribution in [0.4, 0.5) is 0 Å². The van der Waals surface area contributed by atoms with E-state index < -0.39 is 0 Å². The normalized spacial score (nSPS) is 10.1. The second-order valence-corrected chi connectivity index (χ2v) is 3.15. The Morgan fingerprint density at radius 1 is 1.00 bits per heavy atom. The van der Waals surface area contributed by atoms with Crippen LogP contribution in [0.3, 0.4) is 0 Å². The standard InChI is InChI=1S/C13H12N/c1-2-11-5-7-12(8-6-11)13-4-3-9-14-10-13/h2-10H,1H3. The maximum absolute atomic E-state index is 4.10. The third kappa shape index (κ3) is 1.82. The van der Waals surface area contributed by atoms with Gasteiger partial charge in [-0.2, -0.15) is 0 Å². The molecule has 1 nitrogen and oxygen atoms in total. The predicted octanol–water partition coefficient (Wildman–Crippen LogP) is 3.32. The summed E-state index contributed by atoms with van der Waals surface area (Å²) in [5, 5.41) is 0. The van der Waals surface area contributed by atoms with E-state index in [4.69, 9.17) is 0 Å². The fourth-order valence-corrected chi connectivity index (χ4v) is 1.40. The van der Waals surface area contributed by atoms with Crippen LogP contribution in [-0.4, -0.2) is 4.98 Å². The van der Waals surface area contributed by atoms with Crippen LogP contribution in [0, 0.1) is 6.42 Å². The van der Waals surface area contributed by atoms with Gasteiger partial charge in [0, 0.05) is 12.4 Å². The summed E-state index contributed by atoms with van der Waals surface area (Å²) in [6.45, 7) is 2.04. The molecule has 0 unspecified atom stereocenters. The Morgan fingerprint density at radius 2 is 1.79 bits per heavy atom. The summed E-state index contributed by atoms with van der Waals surface area (Å²) in [5.41, 5.74) is 3.62. The zero-order valence-electron chi connectivity index (χ0n) is 8.14. The number of nitrogens with zero attached hydrogens (tertiary/aromatic N) is 1. The molecule has 0 N–H and O–H groups in total. The van der Waals surface area contributed by atoms with Gasteiger partial charge in [0.05, 0.1) is 0 Å². The Hall–Kier alpha value is -1.63. The van der Waals surface area contributed by atoms with Crippen LogP contribution in [-0.2, 0) is 0 Å². The van der Waals surface area contributed by atoms with Gasteiger partial charge in [0.15, 0.2) is 0 Å². The molecule has 69 valence electrons. The SMILES string of the molecule is C[CH]c1ccc(-c2cccnc2)cc1. The highest BCUT2D eigenvalue weighted by Crippen LogP contribution is 2.18. The highest BCUT2D eigenvalue weighted by molar-refractivity contribution is 5.62. The molecule has 0 saturated carbocycles. The van der Waals surface area contributed by atoms with Gasteiger partial charge in [-0.1, -0.05) is 37.3 Å². The molecule has 1 heteroatoms. The van der Waals surface area contributed by atoms with Crippen molar-refractivity contribution in [3.63, 3.8) is 0 Å². The first kappa shape index (κ1) is 8.95. The molecule has 1 heterocycles. The van der Waals surface area contributed by atoms with E-state index in [0.29, 0.717) is 0 Å². The molecule has 0 aliphatic carbocycles. The molecule has 14 heavy (non-hydrogen) atoms. The van der Waals surface area contributed by atoms with Crippen molar-refractivity contribution in [1.82, 2.24) is 4.98 Å². The van der Waals surface area contributed by atoms with E-state index in [9.17, 15) is 0 Å². The number of rotatable bonds is 2. The molecule has 2 rings (SSSR count). The van der Waals surface area contributed by atoms with E-state index in [-0.39, 0.29) is 0 Å². The van der Waals surface area contributed by atoms with Crippen molar-refractivity contribution < 1.29 is 0 Å². The molecule has 0 aliphatic heterocycles. The third-order valence-corrected chi connectivity index (χ3v) is 2.24. The Labute approximate surface area is 84.4 Å². The van der Waals surface area contributed by atoms with Crippen molar-refractivity contribution in [2.75, 3.05) is 0 Å². The number of aromatic nitrogens is 1. The van der Waals surface area contributed by atoms with E-state index in [1.165, 1.54) is 11.1 Å². The fraction of sp³-hybridized carbons (Fsp3) is 0.0769. The summed E-state index contributed by atoms with van der Waals surface area (Å²) < 4.78 is 0. The van der Waals surface area contributed by atoms with Crippen LogP contribution in [0.15, 0.2) is 48.8 Å². The van der Waals surface area contributed by atoms with Crippen LogP contribution in [0.5, 0.6) is 0 Å². The van der Waals surface area contributed by atoms with Crippen LogP contribution >= 0.6 is 0 Å². The monoisotopic (exact) mass is 182 g/mol. The molecule has 0 fully saturated rings. The van der Waals surface area contributed by atoms with Crippen molar-refractivity contribution in [2.45, 2.75) is 6.92 Å². The lowest BCUT2D eigenvalue weighted by Crippen LogP contribution is -1.80. The van der Waals surface area contributed by atoms with Crippen molar-refractivity contribution in [2.24, 2.45) is 0 Å². The Morgan fingerprint density at radius 3 is 2.36 bits per heavy atom. The van der Waals surface area contributed by atoms with Gasteiger partial charge >= 0.3 is 0 Å². The van der Waals surface area contributed by atoms with Gasteiger partial charge in [-0.05, 0) is 29.2 Å². The smallest absolute Gasteiger partial charge is 0.0346 e. The van der Waals surface area contributed by atoms with Gasteiger partial charge < -0.3 is 0 Å². The van der Waals surface area contributed by atoms with Crippen molar-refractivity contribution in [1.29, 1.82) is 0 Å². The predicted molar refractivity (Wildman–Crippen MR) is 58.7 cm³/mol. The van der Waals surface area contributed by atoms with E-state index in [1.807, 2.05) is 19.2 Å². The van der Waals surface area contributed by atoms with Gasteiger partial charge in [-0.15, -0.1) is 0 Å². The van der Waals surface area contributed by atoms with Crippen LogP contribution < -0.4 is 0 Å². The molecule has 0 bridgehead atoms. The van der Waals surface area contributed by atoms with Gasteiger partial charge in [-0.3, -0.25) is 4.98 Å². The number of hydrogen-bond acceptors (Lipinski definition) is 1. The molecule has 0 saturated heterocycles. The summed E-state index contributed by atoms with van der Waals surface area (Å²) in [6.07, 6.45) is 5.76. The highest BCUT2D eigenvalue weighted by atomic mass is 14.6. The quantitative estimate of drug-likeness (QED) is 0.694. The Balaban J connectivity index is 2.34. The lowest BCUT2D eigenvalue weighted by molar-refractivity contribution is 1.33. The van der Waals surface area contributed by atoms with Crippen molar-refractivity contribution >= 4 is 0 Å². The molecule has 0 spiro atoms. The van der Waals surface area contributed by atoms with E-state index in [0.717, 1.165) is 5.56 Å². The van der Waals surface area contributed by atoms with E-state index in [1.54, 1.807) is 6.20 Å². The minimum Gasteiger partial charge on any atom is -0.264 e. The first-order valence-corrected chi connectivity index (χ1v) is 4.70. The number of benzene rings is 1. The van der Waals surface area contributed by atoms with Gasteiger partial charge in [0.2, 0.25) is 0 Å². The average molecular weight is 182 g/mol. The lowest BCUT2D eigenvalue weighted by Gasteiger charge is -2.01. The second kappa shape index (κ2) is 4.05. The fourth-order valence-electron chi connectivity index (χ4n) is 1.40. The Bertz CT molecular complexity index is 389. The maximum Gasteiger partial charge on any atom is 0.0346 e. The molecule has 0 amide bonds. The number of pyridine rings is 1. The average Bonchev–Trinajstić information content (AvgIpc) is 2.30. The Kier molecular flexibility index (Phi) is 2.59. The minimum absolute atomic E-state index is 1.16. The van der Waals surface area contributed by atoms with Gasteiger partial charge in [0.1, 0.15) is 0 Å². The van der Waals surface area contributed by atoms with E-state index >= 15 is 0 Å². The third-order valence-electron chi connectivity index (χ3n) is 2.24. The molecule has 1 aromatic carbocycles. The molecule has 1 radical (unpaired) electrons. The minimum atomic E-state index is 1.16. The summed E-state index contributed by atoms with van der Waals surface area (Å²) in [6, 6.07) is 12.5. The topological polar surface area (TPSA) is 12.9 Å². The first-order valence-electron chi connectivity index (χ1n) is 4.70. The van der Waals surface area contributed by atoms with Gasteiger partial charge in [0.25, 0.3) is 0 Å². The maximum atomic E-state index is 4.10.